The molecular weight excluding hydrogens is 361 g/mol. The average Bonchev–Trinajstić information content (AvgIpc) is 2.67. The molecule has 0 spiro atoms. The van der Waals surface area contributed by atoms with Crippen LogP contribution in [-0.4, -0.2) is 8.07 Å². The molecule has 0 aliphatic rings. The van der Waals surface area contributed by atoms with Crippen LogP contribution in [0.2, 0.25) is 13.1 Å². The monoisotopic (exact) mass is 384 g/mol. The smallest absolute Gasteiger partial charge is 0.194 e. The summed E-state index contributed by atoms with van der Waals surface area (Å²) < 4.78 is 41.3. The third-order valence-corrected chi connectivity index (χ3v) is 8.65. The Bertz CT molecular complexity index is 929. The Morgan fingerprint density at radius 3 is 1.81 bits per heavy atom. The van der Waals surface area contributed by atoms with E-state index in [0.29, 0.717) is 0 Å². The first kappa shape index (κ1) is 19.4. The van der Waals surface area contributed by atoms with Crippen LogP contribution < -0.4 is 10.4 Å². The Labute approximate surface area is 159 Å². The van der Waals surface area contributed by atoms with E-state index in [9.17, 15) is 13.2 Å². The molecule has 0 unspecified atom stereocenters. The number of halogens is 3. The van der Waals surface area contributed by atoms with Crippen molar-refractivity contribution in [3.63, 3.8) is 0 Å². The van der Waals surface area contributed by atoms with E-state index in [1.54, 1.807) is 0 Å². The van der Waals surface area contributed by atoms with Crippen molar-refractivity contribution in [2.24, 2.45) is 0 Å². The summed E-state index contributed by atoms with van der Waals surface area (Å²) in [6.07, 6.45) is 2.19. The van der Waals surface area contributed by atoms with Crippen molar-refractivity contribution in [1.29, 1.82) is 0 Å². The second kappa shape index (κ2) is 7.73. The summed E-state index contributed by atoms with van der Waals surface area (Å²) in [6.45, 7) is 6.04. The lowest BCUT2D eigenvalue weighted by atomic mass is 10.0. The van der Waals surface area contributed by atoms with E-state index in [1.165, 1.54) is 11.6 Å². The predicted octanol–water partition coefficient (Wildman–Crippen LogP) is 5.55. The third kappa shape index (κ3) is 3.86. The lowest BCUT2D eigenvalue weighted by molar-refractivity contribution is 0.450. The number of benzene rings is 3. The summed E-state index contributed by atoms with van der Waals surface area (Å²) in [5.74, 6) is -3.61. The summed E-state index contributed by atoms with van der Waals surface area (Å²) in [5, 5.41) is 1.25. The Morgan fingerprint density at radius 1 is 0.704 bits per heavy atom. The molecule has 0 heterocycles. The molecule has 0 saturated carbocycles. The largest absolute Gasteiger partial charge is 0.204 e. The molecule has 140 valence electrons. The summed E-state index contributed by atoms with van der Waals surface area (Å²) in [6, 6.07) is 18.9. The van der Waals surface area contributed by atoms with Gasteiger partial charge in [0.1, 0.15) is 8.07 Å². The van der Waals surface area contributed by atoms with E-state index in [0.717, 1.165) is 35.2 Å². The maximum Gasteiger partial charge on any atom is 0.194 e. The van der Waals surface area contributed by atoms with Gasteiger partial charge in [-0.1, -0.05) is 86.2 Å². The minimum Gasteiger partial charge on any atom is -0.204 e. The molecule has 3 aromatic carbocycles. The molecule has 3 rings (SSSR count). The van der Waals surface area contributed by atoms with Gasteiger partial charge < -0.3 is 0 Å². The van der Waals surface area contributed by atoms with E-state index in [-0.39, 0.29) is 5.19 Å². The third-order valence-electron chi connectivity index (χ3n) is 5.14. The molecule has 0 radical (unpaired) electrons. The number of rotatable bonds is 5. The van der Waals surface area contributed by atoms with Crippen LogP contribution >= 0.6 is 0 Å². The van der Waals surface area contributed by atoms with E-state index < -0.39 is 25.5 Å². The minimum absolute atomic E-state index is 0.276. The van der Waals surface area contributed by atoms with Crippen LogP contribution in [-0.2, 0) is 6.42 Å². The number of hydrogen-bond donors (Lipinski definition) is 0. The van der Waals surface area contributed by atoms with Crippen LogP contribution in [0.4, 0.5) is 13.2 Å². The van der Waals surface area contributed by atoms with Crippen LogP contribution in [0, 0.1) is 17.5 Å². The maximum absolute atomic E-state index is 14.3. The molecule has 0 aromatic heterocycles. The van der Waals surface area contributed by atoms with Gasteiger partial charge in [-0.25, -0.2) is 13.2 Å². The van der Waals surface area contributed by atoms with Crippen LogP contribution in [0.3, 0.4) is 0 Å². The lowest BCUT2D eigenvalue weighted by Gasteiger charge is -2.24. The van der Waals surface area contributed by atoms with Gasteiger partial charge in [0.25, 0.3) is 0 Å². The van der Waals surface area contributed by atoms with E-state index in [4.69, 9.17) is 0 Å². The molecule has 0 nitrogen and oxygen atoms in total. The molecule has 0 amide bonds. The topological polar surface area (TPSA) is 0 Å². The van der Waals surface area contributed by atoms with Crippen molar-refractivity contribution in [3.8, 4) is 11.1 Å². The van der Waals surface area contributed by atoms with Gasteiger partial charge in [-0.15, -0.1) is 0 Å². The standard InChI is InChI=1S/C23H23F3Si/c1-4-5-16-6-8-17(9-7-16)18-10-12-19(13-11-18)27(2,3)21-15-14-20(24)22(25)23(21)26/h6-15H,4-5H2,1-3H3. The summed E-state index contributed by atoms with van der Waals surface area (Å²) in [5.41, 5.74) is 3.53. The summed E-state index contributed by atoms with van der Waals surface area (Å²) in [7, 11) is -2.48. The highest BCUT2D eigenvalue weighted by Crippen LogP contribution is 2.21. The second-order valence-corrected chi connectivity index (χ2v) is 11.7. The molecule has 0 aliphatic heterocycles. The second-order valence-electron chi connectivity index (χ2n) is 7.37. The Hall–Kier alpha value is -2.33. The molecule has 0 atom stereocenters. The zero-order valence-electron chi connectivity index (χ0n) is 15.8. The molecule has 0 bridgehead atoms. The molecule has 3 aromatic rings. The van der Waals surface area contributed by atoms with Gasteiger partial charge in [0.05, 0.1) is 0 Å². The summed E-state index contributed by atoms with van der Waals surface area (Å²) in [4.78, 5) is 0. The Balaban J connectivity index is 1.91. The van der Waals surface area contributed by atoms with Gasteiger partial charge in [0.2, 0.25) is 0 Å². The van der Waals surface area contributed by atoms with E-state index >= 15 is 0 Å². The van der Waals surface area contributed by atoms with Crippen molar-refractivity contribution >= 4 is 18.4 Å². The first-order valence-corrected chi connectivity index (χ1v) is 12.2. The van der Waals surface area contributed by atoms with Gasteiger partial charge in [-0.3, -0.25) is 0 Å². The van der Waals surface area contributed by atoms with E-state index in [2.05, 4.69) is 31.2 Å². The molecule has 0 saturated heterocycles. The molecule has 0 N–H and O–H groups in total. The molecule has 0 aliphatic carbocycles. The molecule has 27 heavy (non-hydrogen) atoms. The van der Waals surface area contributed by atoms with Crippen molar-refractivity contribution < 1.29 is 13.2 Å². The van der Waals surface area contributed by atoms with Crippen LogP contribution in [0.5, 0.6) is 0 Å². The Kier molecular flexibility index (Phi) is 5.56. The first-order valence-electron chi connectivity index (χ1n) is 9.18. The zero-order chi connectivity index (χ0) is 19.6. The van der Waals surface area contributed by atoms with Gasteiger partial charge in [0, 0.05) is 0 Å². The zero-order valence-corrected chi connectivity index (χ0v) is 16.8. The average molecular weight is 385 g/mol. The first-order chi connectivity index (χ1) is 12.8. The Morgan fingerprint density at radius 2 is 1.26 bits per heavy atom. The SMILES string of the molecule is CCCc1ccc(-c2ccc([Si](C)(C)c3ccc(F)c(F)c3F)cc2)cc1. The predicted molar refractivity (Wildman–Crippen MR) is 109 cm³/mol. The number of hydrogen-bond acceptors (Lipinski definition) is 0. The highest BCUT2D eigenvalue weighted by molar-refractivity contribution is 7.00. The number of aryl methyl sites for hydroxylation is 1. The van der Waals surface area contributed by atoms with Gasteiger partial charge in [-0.2, -0.15) is 0 Å². The van der Waals surface area contributed by atoms with Gasteiger partial charge in [0.15, 0.2) is 17.5 Å². The van der Waals surface area contributed by atoms with E-state index in [1.807, 2.05) is 37.4 Å². The highest BCUT2D eigenvalue weighted by Gasteiger charge is 2.31. The van der Waals surface area contributed by atoms with Crippen molar-refractivity contribution in [1.82, 2.24) is 0 Å². The fraction of sp³-hybridized carbons (Fsp3) is 0.217. The quantitative estimate of drug-likeness (QED) is 0.400. The fourth-order valence-corrected chi connectivity index (χ4v) is 5.87. The minimum atomic E-state index is -2.48. The van der Waals surface area contributed by atoms with Crippen LogP contribution in [0.25, 0.3) is 11.1 Å². The normalized spacial score (nSPS) is 11.6. The van der Waals surface area contributed by atoms with Gasteiger partial charge >= 0.3 is 0 Å². The van der Waals surface area contributed by atoms with Crippen LogP contribution in [0.15, 0.2) is 60.7 Å². The van der Waals surface area contributed by atoms with Crippen molar-refractivity contribution in [2.45, 2.75) is 32.9 Å². The molecular formula is C23H23F3Si. The summed E-state index contributed by atoms with van der Waals surface area (Å²) >= 11 is 0. The highest BCUT2D eigenvalue weighted by atomic mass is 28.3. The van der Waals surface area contributed by atoms with Crippen molar-refractivity contribution in [3.05, 3.63) is 83.7 Å². The molecule has 0 fully saturated rings. The van der Waals surface area contributed by atoms with Gasteiger partial charge in [-0.05, 0) is 34.4 Å². The van der Waals surface area contributed by atoms with Crippen molar-refractivity contribution in [2.75, 3.05) is 0 Å². The maximum atomic E-state index is 14.3. The van der Waals surface area contributed by atoms with Crippen LogP contribution in [0.1, 0.15) is 18.9 Å². The lowest BCUT2D eigenvalue weighted by Crippen LogP contribution is -2.54. The molecule has 4 heteroatoms. The fourth-order valence-electron chi connectivity index (χ4n) is 3.40.